The number of likely N-dealkylation sites (tertiary alicyclic amines) is 1. The zero-order chi connectivity index (χ0) is 17.2. The molecule has 0 aliphatic carbocycles. The first kappa shape index (κ1) is 19.9. The lowest BCUT2D eigenvalue weighted by Gasteiger charge is -2.16. The average molecular weight is 402 g/mol. The van der Waals surface area contributed by atoms with Crippen molar-refractivity contribution in [2.24, 2.45) is 5.73 Å². The number of nitrogens with zero attached hydrogens (tertiary/aromatic N) is 1. The van der Waals surface area contributed by atoms with Gasteiger partial charge >= 0.3 is 0 Å². The van der Waals surface area contributed by atoms with Crippen LogP contribution in [-0.4, -0.2) is 38.4 Å². The second kappa shape index (κ2) is 8.29. The molecule has 0 spiro atoms. The fourth-order valence-corrected chi connectivity index (χ4v) is 4.40. The van der Waals surface area contributed by atoms with Gasteiger partial charge < -0.3 is 10.6 Å². The number of thiophene rings is 1. The van der Waals surface area contributed by atoms with Gasteiger partial charge in [-0.1, -0.05) is 12.1 Å². The lowest BCUT2D eigenvalue weighted by Crippen LogP contribution is -2.32. The van der Waals surface area contributed by atoms with Crippen LogP contribution in [0.15, 0.2) is 46.7 Å². The quantitative estimate of drug-likeness (QED) is 0.799. The van der Waals surface area contributed by atoms with Crippen molar-refractivity contribution in [3.63, 3.8) is 0 Å². The minimum Gasteiger partial charge on any atom is -0.337 e. The molecule has 2 aromatic rings. The Kier molecular flexibility index (Phi) is 6.59. The van der Waals surface area contributed by atoms with Crippen molar-refractivity contribution in [1.82, 2.24) is 9.62 Å². The Bertz CT molecular complexity index is 825. The van der Waals surface area contributed by atoms with E-state index in [1.165, 1.54) is 23.5 Å². The van der Waals surface area contributed by atoms with Gasteiger partial charge in [-0.25, -0.2) is 13.1 Å². The zero-order valence-electron chi connectivity index (χ0n) is 13.4. The van der Waals surface area contributed by atoms with Crippen molar-refractivity contribution >= 4 is 39.7 Å². The smallest absolute Gasteiger partial charge is 0.253 e. The van der Waals surface area contributed by atoms with Crippen LogP contribution in [0.3, 0.4) is 0 Å². The first-order chi connectivity index (χ1) is 11.5. The lowest BCUT2D eigenvalue weighted by molar-refractivity contribution is 0.0790. The largest absolute Gasteiger partial charge is 0.337 e. The van der Waals surface area contributed by atoms with Crippen LogP contribution in [0.5, 0.6) is 0 Å². The van der Waals surface area contributed by atoms with Gasteiger partial charge in [0, 0.05) is 36.1 Å². The standard InChI is InChI=1S/C16H19N3O3S2.ClH/c17-13-6-7-19(11-13)16(20)12-3-1-5-15(9-12)24(21,22)18-10-14-4-2-8-23-14;/h1-5,8-9,13,18H,6-7,10-11,17H2;1H/t13-;/m1./s1. The highest BCUT2D eigenvalue weighted by Gasteiger charge is 2.25. The summed E-state index contributed by atoms with van der Waals surface area (Å²) >= 11 is 1.48. The molecule has 0 saturated carbocycles. The number of hydrogen-bond donors (Lipinski definition) is 2. The first-order valence-corrected chi connectivity index (χ1v) is 9.99. The third-order valence-corrected chi connectivity index (χ3v) is 6.20. The fourth-order valence-electron chi connectivity index (χ4n) is 2.61. The molecule has 1 amide bonds. The van der Waals surface area contributed by atoms with E-state index in [-0.39, 0.29) is 35.8 Å². The Labute approximate surface area is 157 Å². The summed E-state index contributed by atoms with van der Waals surface area (Å²) < 4.78 is 27.4. The number of rotatable bonds is 5. The van der Waals surface area contributed by atoms with Crippen LogP contribution in [0.1, 0.15) is 21.7 Å². The van der Waals surface area contributed by atoms with Gasteiger partial charge in [-0.05, 0) is 36.1 Å². The van der Waals surface area contributed by atoms with Crippen LogP contribution < -0.4 is 10.5 Å². The highest BCUT2D eigenvalue weighted by atomic mass is 35.5. The molecule has 1 saturated heterocycles. The maximum Gasteiger partial charge on any atom is 0.253 e. The van der Waals surface area contributed by atoms with E-state index in [1.807, 2.05) is 17.5 Å². The second-order valence-corrected chi connectivity index (χ2v) is 8.53. The van der Waals surface area contributed by atoms with Gasteiger partial charge in [0.1, 0.15) is 0 Å². The van der Waals surface area contributed by atoms with Crippen molar-refractivity contribution in [1.29, 1.82) is 0 Å². The molecule has 1 aromatic carbocycles. The third-order valence-electron chi connectivity index (χ3n) is 3.92. The molecule has 1 fully saturated rings. The minimum atomic E-state index is -3.67. The Hall–Kier alpha value is -1.45. The van der Waals surface area contributed by atoms with Gasteiger partial charge in [-0.2, -0.15) is 0 Å². The molecule has 9 heteroatoms. The van der Waals surface area contributed by atoms with E-state index in [2.05, 4.69) is 4.72 Å². The molecule has 2 heterocycles. The highest BCUT2D eigenvalue weighted by molar-refractivity contribution is 7.89. The molecular weight excluding hydrogens is 382 g/mol. The van der Waals surface area contributed by atoms with Crippen molar-refractivity contribution < 1.29 is 13.2 Å². The summed E-state index contributed by atoms with van der Waals surface area (Å²) in [5.74, 6) is -0.182. The number of carbonyl (C=O) groups is 1. The normalized spacial score (nSPS) is 17.3. The summed E-state index contributed by atoms with van der Waals surface area (Å²) in [7, 11) is -3.67. The van der Waals surface area contributed by atoms with Crippen LogP contribution >= 0.6 is 23.7 Å². The fraction of sp³-hybridized carbons (Fsp3) is 0.312. The van der Waals surface area contributed by atoms with Crippen LogP contribution in [0.4, 0.5) is 0 Å². The van der Waals surface area contributed by atoms with E-state index in [0.29, 0.717) is 18.7 Å². The average Bonchev–Trinajstić information content (AvgIpc) is 3.24. The Morgan fingerprint density at radius 1 is 1.32 bits per heavy atom. The van der Waals surface area contributed by atoms with Gasteiger partial charge in [-0.3, -0.25) is 4.79 Å². The molecule has 0 radical (unpaired) electrons. The molecule has 1 atom stereocenters. The number of benzene rings is 1. The lowest BCUT2D eigenvalue weighted by atomic mass is 10.2. The number of carbonyl (C=O) groups excluding carboxylic acids is 1. The van der Waals surface area contributed by atoms with Crippen molar-refractivity contribution in [2.45, 2.75) is 23.9 Å². The summed E-state index contributed by atoms with van der Waals surface area (Å²) in [6.45, 7) is 1.35. The zero-order valence-corrected chi connectivity index (χ0v) is 15.9. The number of hydrogen-bond acceptors (Lipinski definition) is 5. The SMILES string of the molecule is Cl.N[C@@H]1CCN(C(=O)c2cccc(S(=O)(=O)NCc3cccs3)c2)C1. The van der Waals surface area contributed by atoms with E-state index >= 15 is 0 Å². The Morgan fingerprint density at radius 2 is 2.12 bits per heavy atom. The number of nitrogens with one attached hydrogen (secondary N) is 1. The Morgan fingerprint density at radius 3 is 2.76 bits per heavy atom. The molecule has 1 aliphatic rings. The predicted octanol–water partition coefficient (Wildman–Crippen LogP) is 1.82. The molecular formula is C16H20ClN3O3S2. The number of amides is 1. The molecule has 136 valence electrons. The molecule has 3 rings (SSSR count). The Balaban J connectivity index is 0.00000225. The maximum atomic E-state index is 12.5. The van der Waals surface area contributed by atoms with E-state index in [9.17, 15) is 13.2 Å². The van der Waals surface area contributed by atoms with Gasteiger partial charge in [0.05, 0.1) is 4.90 Å². The van der Waals surface area contributed by atoms with E-state index in [0.717, 1.165) is 11.3 Å². The summed E-state index contributed by atoms with van der Waals surface area (Å²) in [6.07, 6.45) is 0.770. The van der Waals surface area contributed by atoms with Crippen molar-refractivity contribution in [3.8, 4) is 0 Å². The van der Waals surface area contributed by atoms with Gasteiger partial charge in [0.2, 0.25) is 10.0 Å². The molecule has 1 aromatic heterocycles. The van der Waals surface area contributed by atoms with E-state index in [4.69, 9.17) is 5.73 Å². The van der Waals surface area contributed by atoms with Gasteiger partial charge in [0.25, 0.3) is 5.91 Å². The van der Waals surface area contributed by atoms with Gasteiger partial charge in [-0.15, -0.1) is 23.7 Å². The molecule has 0 unspecified atom stereocenters. The summed E-state index contributed by atoms with van der Waals surface area (Å²) in [6, 6.07) is 9.85. The highest BCUT2D eigenvalue weighted by Crippen LogP contribution is 2.17. The first-order valence-electron chi connectivity index (χ1n) is 7.63. The minimum absolute atomic E-state index is 0. The van der Waals surface area contributed by atoms with Crippen LogP contribution in [-0.2, 0) is 16.6 Å². The molecule has 0 bridgehead atoms. The predicted molar refractivity (Wildman–Crippen MR) is 101 cm³/mol. The summed E-state index contributed by atoms with van der Waals surface area (Å²) in [5, 5.41) is 1.89. The van der Waals surface area contributed by atoms with Gasteiger partial charge in [0.15, 0.2) is 0 Å². The molecule has 6 nitrogen and oxygen atoms in total. The molecule has 1 aliphatic heterocycles. The van der Waals surface area contributed by atoms with Crippen LogP contribution in [0, 0.1) is 0 Å². The topological polar surface area (TPSA) is 92.5 Å². The number of nitrogens with two attached hydrogens (primary N) is 1. The van der Waals surface area contributed by atoms with Crippen LogP contribution in [0.25, 0.3) is 0 Å². The third kappa shape index (κ3) is 4.80. The molecule has 3 N–H and O–H groups in total. The van der Waals surface area contributed by atoms with Crippen molar-refractivity contribution in [3.05, 3.63) is 52.2 Å². The maximum absolute atomic E-state index is 12.5. The summed E-state index contributed by atoms with van der Waals surface area (Å²) in [5.41, 5.74) is 6.19. The summed E-state index contributed by atoms with van der Waals surface area (Å²) in [4.78, 5) is 15.2. The van der Waals surface area contributed by atoms with E-state index in [1.54, 1.807) is 17.0 Å². The number of sulfonamides is 1. The second-order valence-electron chi connectivity index (χ2n) is 5.73. The van der Waals surface area contributed by atoms with Crippen molar-refractivity contribution in [2.75, 3.05) is 13.1 Å². The van der Waals surface area contributed by atoms with E-state index < -0.39 is 10.0 Å². The monoisotopic (exact) mass is 401 g/mol. The number of halogens is 1. The molecule has 25 heavy (non-hydrogen) atoms. The van der Waals surface area contributed by atoms with Crippen LogP contribution in [0.2, 0.25) is 0 Å².